The van der Waals surface area contributed by atoms with Gasteiger partial charge in [0.25, 0.3) is 5.91 Å². The highest BCUT2D eigenvalue weighted by Crippen LogP contribution is 2.28. The van der Waals surface area contributed by atoms with Crippen molar-refractivity contribution in [1.29, 1.82) is 0 Å². The molecule has 0 spiro atoms. The molecule has 5 rings (SSSR count). The number of hydrogen-bond acceptors (Lipinski definition) is 4. The zero-order chi connectivity index (χ0) is 22.2. The van der Waals surface area contributed by atoms with E-state index >= 15 is 0 Å². The minimum absolute atomic E-state index is 0.0172. The van der Waals surface area contributed by atoms with Crippen molar-refractivity contribution in [2.24, 2.45) is 0 Å². The van der Waals surface area contributed by atoms with Crippen LogP contribution in [0.2, 0.25) is 0 Å². The number of aromatic nitrogens is 3. The highest BCUT2D eigenvalue weighted by molar-refractivity contribution is 5.96. The molecule has 2 fully saturated rings. The summed E-state index contributed by atoms with van der Waals surface area (Å²) in [4.78, 5) is 30.9. The standard InChI is InChI=1S/C25H27N5O2/c1-16-5-6-18(25(32)28-21-7-8-21)11-23(16)20-13-27-30(15-20)22-10-19(12-26-14-22)17(2)29-9-3-4-24(29)31/h5-6,10-15,17,21H,3-4,7-9H2,1-2H3,(H,28,32). The Morgan fingerprint density at radius 2 is 2.03 bits per heavy atom. The van der Waals surface area contributed by atoms with E-state index in [-0.39, 0.29) is 17.9 Å². The van der Waals surface area contributed by atoms with Gasteiger partial charge < -0.3 is 10.2 Å². The number of hydrogen-bond donors (Lipinski definition) is 1. The lowest BCUT2D eigenvalue weighted by Crippen LogP contribution is -2.28. The van der Waals surface area contributed by atoms with Gasteiger partial charge in [0.15, 0.2) is 0 Å². The van der Waals surface area contributed by atoms with Crippen molar-refractivity contribution in [3.05, 3.63) is 65.7 Å². The molecular formula is C25H27N5O2. The molecule has 2 aliphatic rings. The number of carbonyl (C=O) groups excluding carboxylic acids is 2. The number of benzene rings is 1. The third kappa shape index (κ3) is 4.02. The van der Waals surface area contributed by atoms with Crippen molar-refractivity contribution in [3.63, 3.8) is 0 Å². The molecule has 1 aromatic carbocycles. The first-order chi connectivity index (χ1) is 15.5. The smallest absolute Gasteiger partial charge is 0.251 e. The second kappa shape index (κ2) is 8.22. The Kier molecular flexibility index (Phi) is 5.25. The fraction of sp³-hybridized carbons (Fsp3) is 0.360. The number of carbonyl (C=O) groups is 2. The van der Waals surface area contributed by atoms with Crippen molar-refractivity contribution in [3.8, 4) is 16.8 Å². The largest absolute Gasteiger partial charge is 0.349 e. The van der Waals surface area contributed by atoms with Crippen molar-refractivity contribution in [2.75, 3.05) is 6.54 Å². The molecule has 1 aliphatic heterocycles. The van der Waals surface area contributed by atoms with E-state index in [1.165, 1.54) is 0 Å². The third-order valence-corrected chi connectivity index (χ3v) is 6.38. The van der Waals surface area contributed by atoms with Crippen LogP contribution in [0.25, 0.3) is 16.8 Å². The van der Waals surface area contributed by atoms with Crippen LogP contribution in [0.4, 0.5) is 0 Å². The summed E-state index contributed by atoms with van der Waals surface area (Å²) in [5, 5.41) is 7.59. The summed E-state index contributed by atoms with van der Waals surface area (Å²) in [6.07, 6.45) is 11.0. The Hall–Kier alpha value is -3.48. The summed E-state index contributed by atoms with van der Waals surface area (Å²) in [6.45, 7) is 4.87. The molecule has 7 heteroatoms. The maximum absolute atomic E-state index is 12.5. The maximum Gasteiger partial charge on any atom is 0.251 e. The van der Waals surface area contributed by atoms with Gasteiger partial charge in [-0.2, -0.15) is 5.10 Å². The van der Waals surface area contributed by atoms with Gasteiger partial charge in [-0.3, -0.25) is 14.6 Å². The third-order valence-electron chi connectivity index (χ3n) is 6.38. The van der Waals surface area contributed by atoms with Gasteiger partial charge in [0.2, 0.25) is 5.91 Å². The van der Waals surface area contributed by atoms with E-state index in [1.807, 2.05) is 61.6 Å². The molecule has 1 saturated heterocycles. The van der Waals surface area contributed by atoms with E-state index in [4.69, 9.17) is 0 Å². The van der Waals surface area contributed by atoms with E-state index in [9.17, 15) is 9.59 Å². The van der Waals surface area contributed by atoms with Crippen LogP contribution in [0.5, 0.6) is 0 Å². The highest BCUT2D eigenvalue weighted by Gasteiger charge is 2.26. The van der Waals surface area contributed by atoms with Gasteiger partial charge in [0.05, 0.1) is 24.1 Å². The van der Waals surface area contributed by atoms with Crippen molar-refractivity contribution < 1.29 is 9.59 Å². The SMILES string of the molecule is Cc1ccc(C(=O)NC2CC2)cc1-c1cnn(-c2cncc(C(C)N3CCCC3=O)c2)c1. The lowest BCUT2D eigenvalue weighted by molar-refractivity contribution is -0.129. The summed E-state index contributed by atoms with van der Waals surface area (Å²) >= 11 is 0. The van der Waals surface area contributed by atoms with E-state index in [1.54, 1.807) is 10.9 Å². The van der Waals surface area contributed by atoms with Crippen LogP contribution < -0.4 is 5.32 Å². The Morgan fingerprint density at radius 1 is 1.19 bits per heavy atom. The minimum atomic E-state index is -0.0245. The molecule has 0 bridgehead atoms. The van der Waals surface area contributed by atoms with Crippen molar-refractivity contribution in [2.45, 2.75) is 51.6 Å². The summed E-state index contributed by atoms with van der Waals surface area (Å²) in [7, 11) is 0. The van der Waals surface area contributed by atoms with Gasteiger partial charge in [0, 0.05) is 42.5 Å². The average Bonchev–Trinajstić information content (AvgIpc) is 3.30. The van der Waals surface area contributed by atoms with Crippen LogP contribution in [-0.2, 0) is 4.79 Å². The van der Waals surface area contributed by atoms with Gasteiger partial charge in [-0.25, -0.2) is 4.68 Å². The number of likely N-dealkylation sites (tertiary alicyclic amines) is 1. The number of amides is 2. The van der Waals surface area contributed by atoms with E-state index < -0.39 is 0 Å². The van der Waals surface area contributed by atoms with E-state index in [0.29, 0.717) is 18.0 Å². The fourth-order valence-corrected chi connectivity index (χ4v) is 4.23. The maximum atomic E-state index is 12.5. The van der Waals surface area contributed by atoms with Crippen LogP contribution in [0, 0.1) is 6.92 Å². The normalized spacial score (nSPS) is 16.9. The number of pyridine rings is 1. The zero-order valence-electron chi connectivity index (χ0n) is 18.4. The number of nitrogens with zero attached hydrogens (tertiary/aromatic N) is 4. The van der Waals surface area contributed by atoms with Crippen LogP contribution in [0.15, 0.2) is 49.1 Å². The lowest BCUT2D eigenvalue weighted by atomic mass is 10.0. The molecule has 7 nitrogen and oxygen atoms in total. The second-order valence-corrected chi connectivity index (χ2v) is 8.79. The first kappa shape index (κ1) is 20.4. The Balaban J connectivity index is 1.40. The second-order valence-electron chi connectivity index (χ2n) is 8.79. The fourth-order valence-electron chi connectivity index (χ4n) is 4.23. The number of rotatable bonds is 6. The minimum Gasteiger partial charge on any atom is -0.349 e. The van der Waals surface area contributed by atoms with Crippen LogP contribution in [0.1, 0.15) is 60.1 Å². The van der Waals surface area contributed by atoms with Gasteiger partial charge in [-0.1, -0.05) is 6.07 Å². The topological polar surface area (TPSA) is 80.1 Å². The van der Waals surface area contributed by atoms with Gasteiger partial charge in [-0.15, -0.1) is 0 Å². The molecule has 164 valence electrons. The summed E-state index contributed by atoms with van der Waals surface area (Å²) < 4.78 is 1.79. The van der Waals surface area contributed by atoms with E-state index in [2.05, 4.69) is 15.4 Å². The first-order valence-electron chi connectivity index (χ1n) is 11.2. The van der Waals surface area contributed by atoms with E-state index in [0.717, 1.165) is 53.7 Å². The summed E-state index contributed by atoms with van der Waals surface area (Å²) in [5.41, 5.74) is 5.51. The Bertz CT molecular complexity index is 1180. The quantitative estimate of drug-likeness (QED) is 0.646. The monoisotopic (exact) mass is 429 g/mol. The van der Waals surface area contributed by atoms with Crippen LogP contribution >= 0.6 is 0 Å². The molecule has 2 amide bonds. The number of aryl methyl sites for hydroxylation is 1. The molecule has 32 heavy (non-hydrogen) atoms. The van der Waals surface area contributed by atoms with Gasteiger partial charge in [-0.05, 0) is 68.0 Å². The predicted octanol–water partition coefficient (Wildman–Crippen LogP) is 3.82. The predicted molar refractivity (Wildman–Crippen MR) is 121 cm³/mol. The first-order valence-corrected chi connectivity index (χ1v) is 11.2. The molecule has 0 radical (unpaired) electrons. The molecule has 2 aromatic heterocycles. The molecule has 1 N–H and O–H groups in total. The zero-order valence-corrected chi connectivity index (χ0v) is 18.4. The molecular weight excluding hydrogens is 402 g/mol. The lowest BCUT2D eigenvalue weighted by Gasteiger charge is -2.24. The summed E-state index contributed by atoms with van der Waals surface area (Å²) in [5.74, 6) is 0.175. The van der Waals surface area contributed by atoms with Crippen molar-refractivity contribution >= 4 is 11.8 Å². The molecule has 1 atom stereocenters. The van der Waals surface area contributed by atoms with Gasteiger partial charge in [0.1, 0.15) is 0 Å². The molecule has 1 saturated carbocycles. The van der Waals surface area contributed by atoms with Gasteiger partial charge >= 0.3 is 0 Å². The Labute approximate surface area is 187 Å². The molecule has 3 aromatic rings. The molecule has 1 aliphatic carbocycles. The molecule has 1 unspecified atom stereocenters. The highest BCUT2D eigenvalue weighted by atomic mass is 16.2. The Morgan fingerprint density at radius 3 is 2.78 bits per heavy atom. The van der Waals surface area contributed by atoms with Crippen LogP contribution in [-0.4, -0.2) is 44.1 Å². The number of nitrogens with one attached hydrogen (secondary N) is 1. The molecule has 3 heterocycles. The average molecular weight is 430 g/mol. The van der Waals surface area contributed by atoms with Crippen LogP contribution in [0.3, 0.4) is 0 Å². The van der Waals surface area contributed by atoms with Crippen molar-refractivity contribution in [1.82, 2.24) is 25.0 Å². The summed E-state index contributed by atoms with van der Waals surface area (Å²) in [6, 6.07) is 8.13.